The van der Waals surface area contributed by atoms with E-state index in [1.807, 2.05) is 6.92 Å². The van der Waals surface area contributed by atoms with Gasteiger partial charge >= 0.3 is 0 Å². The SMILES string of the molecule is CO[C@H]1C(=O)N[C@H]1COS(=O)(=O)c1ccc(C)cc1. The van der Waals surface area contributed by atoms with Crippen LogP contribution < -0.4 is 5.32 Å². The van der Waals surface area contributed by atoms with Gasteiger partial charge in [-0.1, -0.05) is 17.7 Å². The second-order valence-electron chi connectivity index (χ2n) is 4.32. The fraction of sp³-hybridized carbons (Fsp3) is 0.417. The predicted octanol–water partition coefficient (Wildman–Crippen LogP) is 0.214. The number of hydrogen-bond donors (Lipinski definition) is 1. The molecule has 19 heavy (non-hydrogen) atoms. The first-order chi connectivity index (χ1) is 8.94. The molecule has 1 aromatic rings. The third-order valence-corrected chi connectivity index (χ3v) is 4.21. The molecule has 2 rings (SSSR count). The Bertz CT molecular complexity index is 566. The molecule has 0 aromatic heterocycles. The summed E-state index contributed by atoms with van der Waals surface area (Å²) in [5, 5.41) is 2.52. The van der Waals surface area contributed by atoms with Gasteiger partial charge in [0.1, 0.15) is 0 Å². The van der Waals surface area contributed by atoms with Crippen molar-refractivity contribution in [2.75, 3.05) is 13.7 Å². The zero-order valence-corrected chi connectivity index (χ0v) is 11.4. The minimum Gasteiger partial charge on any atom is -0.369 e. The maximum Gasteiger partial charge on any atom is 0.297 e. The van der Waals surface area contributed by atoms with Gasteiger partial charge < -0.3 is 10.1 Å². The normalized spacial score (nSPS) is 22.7. The first-order valence-corrected chi connectivity index (χ1v) is 7.14. The molecule has 1 N–H and O–H groups in total. The van der Waals surface area contributed by atoms with E-state index in [4.69, 9.17) is 8.92 Å². The minimum atomic E-state index is -3.80. The lowest BCUT2D eigenvalue weighted by Gasteiger charge is -2.34. The molecule has 1 aromatic carbocycles. The van der Waals surface area contributed by atoms with Crippen molar-refractivity contribution in [2.45, 2.75) is 24.0 Å². The quantitative estimate of drug-likeness (QED) is 0.618. The summed E-state index contributed by atoms with van der Waals surface area (Å²) >= 11 is 0. The number of aryl methyl sites for hydroxylation is 1. The summed E-state index contributed by atoms with van der Waals surface area (Å²) in [5.74, 6) is -0.260. The highest BCUT2D eigenvalue weighted by molar-refractivity contribution is 7.86. The third kappa shape index (κ3) is 2.94. The lowest BCUT2D eigenvalue weighted by atomic mass is 10.0. The van der Waals surface area contributed by atoms with E-state index < -0.39 is 22.3 Å². The molecule has 6 nitrogen and oxygen atoms in total. The van der Waals surface area contributed by atoms with E-state index in [1.54, 1.807) is 12.1 Å². The first-order valence-electron chi connectivity index (χ1n) is 5.73. The van der Waals surface area contributed by atoms with Crippen molar-refractivity contribution in [1.29, 1.82) is 0 Å². The van der Waals surface area contributed by atoms with Gasteiger partial charge in [0.25, 0.3) is 16.0 Å². The zero-order valence-electron chi connectivity index (χ0n) is 10.6. The second-order valence-corrected chi connectivity index (χ2v) is 5.94. The Labute approximate surface area is 111 Å². The topological polar surface area (TPSA) is 81.7 Å². The maximum absolute atomic E-state index is 11.9. The number of benzene rings is 1. The molecule has 0 bridgehead atoms. The van der Waals surface area contributed by atoms with Crippen molar-refractivity contribution >= 4 is 16.0 Å². The van der Waals surface area contributed by atoms with Crippen LogP contribution >= 0.6 is 0 Å². The lowest BCUT2D eigenvalue weighted by molar-refractivity contribution is -0.146. The average molecular weight is 285 g/mol. The highest BCUT2D eigenvalue weighted by Gasteiger charge is 2.40. The molecule has 0 aliphatic carbocycles. The summed E-state index contributed by atoms with van der Waals surface area (Å²) in [4.78, 5) is 11.2. The van der Waals surface area contributed by atoms with E-state index in [0.717, 1.165) is 5.56 Å². The largest absolute Gasteiger partial charge is 0.369 e. The van der Waals surface area contributed by atoms with Crippen LogP contribution in [-0.2, 0) is 23.8 Å². The van der Waals surface area contributed by atoms with Crippen LogP contribution in [0.3, 0.4) is 0 Å². The summed E-state index contributed by atoms with van der Waals surface area (Å²) in [6, 6.07) is 5.92. The van der Waals surface area contributed by atoms with Gasteiger partial charge in [-0.15, -0.1) is 0 Å². The number of hydrogen-bond acceptors (Lipinski definition) is 5. The molecule has 0 saturated carbocycles. The number of carbonyl (C=O) groups excluding carboxylic acids is 1. The minimum absolute atomic E-state index is 0.0951. The Morgan fingerprint density at radius 3 is 2.42 bits per heavy atom. The molecular formula is C12H15NO5S. The van der Waals surface area contributed by atoms with E-state index in [-0.39, 0.29) is 17.4 Å². The van der Waals surface area contributed by atoms with Crippen molar-refractivity contribution in [3.05, 3.63) is 29.8 Å². The predicted molar refractivity (Wildman–Crippen MR) is 67.0 cm³/mol. The maximum atomic E-state index is 11.9. The Kier molecular flexibility index (Phi) is 3.88. The van der Waals surface area contributed by atoms with Crippen LogP contribution in [-0.4, -0.2) is 40.2 Å². The first kappa shape index (κ1) is 14.0. The molecule has 1 heterocycles. The highest BCUT2D eigenvalue weighted by Crippen LogP contribution is 2.16. The van der Waals surface area contributed by atoms with E-state index in [1.165, 1.54) is 19.2 Å². The summed E-state index contributed by atoms with van der Waals surface area (Å²) in [6.45, 7) is 1.73. The van der Waals surface area contributed by atoms with Gasteiger partial charge in [-0.05, 0) is 19.1 Å². The van der Waals surface area contributed by atoms with Crippen molar-refractivity contribution in [3.8, 4) is 0 Å². The van der Waals surface area contributed by atoms with Gasteiger partial charge in [-0.2, -0.15) is 8.42 Å². The van der Waals surface area contributed by atoms with Crippen molar-refractivity contribution in [2.24, 2.45) is 0 Å². The smallest absolute Gasteiger partial charge is 0.297 e. The number of ether oxygens (including phenoxy) is 1. The molecule has 1 amide bonds. The van der Waals surface area contributed by atoms with E-state index >= 15 is 0 Å². The average Bonchev–Trinajstić information content (AvgIpc) is 2.35. The van der Waals surface area contributed by atoms with Crippen LogP contribution in [0.5, 0.6) is 0 Å². The molecular weight excluding hydrogens is 270 g/mol. The molecule has 104 valence electrons. The molecule has 1 fully saturated rings. The van der Waals surface area contributed by atoms with Crippen LogP contribution in [0.15, 0.2) is 29.2 Å². The Morgan fingerprint density at radius 2 is 1.89 bits per heavy atom. The molecule has 1 aliphatic heterocycles. The molecule has 0 unspecified atom stereocenters. The summed E-state index contributed by atoms with van der Waals surface area (Å²) in [6.07, 6.45) is -0.645. The van der Waals surface area contributed by atoms with E-state index in [9.17, 15) is 13.2 Å². The number of methoxy groups -OCH3 is 1. The molecule has 0 radical (unpaired) electrons. The second kappa shape index (κ2) is 5.28. The molecule has 1 saturated heterocycles. The standard InChI is InChI=1S/C12H15NO5S/c1-8-3-5-9(6-4-8)19(15,16)18-7-10-11(17-2)12(14)13-10/h3-6,10-11H,7H2,1-2H3,(H,13,14)/t10-,11+/m0/s1. The van der Waals surface area contributed by atoms with E-state index in [0.29, 0.717) is 0 Å². The van der Waals surface area contributed by atoms with Crippen molar-refractivity contribution in [3.63, 3.8) is 0 Å². The third-order valence-electron chi connectivity index (χ3n) is 2.92. The number of nitrogens with one attached hydrogen (secondary N) is 1. The fourth-order valence-electron chi connectivity index (χ4n) is 1.76. The molecule has 0 spiro atoms. The summed E-state index contributed by atoms with van der Waals surface area (Å²) in [5.41, 5.74) is 0.963. The Hall–Kier alpha value is -1.44. The molecule has 2 atom stereocenters. The monoisotopic (exact) mass is 285 g/mol. The van der Waals surface area contributed by atoms with Crippen molar-refractivity contribution < 1.29 is 22.1 Å². The van der Waals surface area contributed by atoms with Gasteiger partial charge in [0, 0.05) is 7.11 Å². The van der Waals surface area contributed by atoms with Crippen LogP contribution in [0.2, 0.25) is 0 Å². The van der Waals surface area contributed by atoms with Gasteiger partial charge in [0.2, 0.25) is 0 Å². The molecule has 1 aliphatic rings. The zero-order chi connectivity index (χ0) is 14.0. The van der Waals surface area contributed by atoms with Crippen LogP contribution in [0, 0.1) is 6.92 Å². The summed E-state index contributed by atoms with van der Waals surface area (Å²) in [7, 11) is -2.41. The lowest BCUT2D eigenvalue weighted by Crippen LogP contribution is -2.65. The summed E-state index contributed by atoms with van der Waals surface area (Å²) < 4.78 is 33.6. The number of rotatable bonds is 5. The van der Waals surface area contributed by atoms with Gasteiger partial charge in [0.15, 0.2) is 6.10 Å². The van der Waals surface area contributed by atoms with E-state index in [2.05, 4.69) is 5.32 Å². The highest BCUT2D eigenvalue weighted by atomic mass is 32.2. The fourth-order valence-corrected chi connectivity index (χ4v) is 2.69. The Morgan fingerprint density at radius 1 is 1.26 bits per heavy atom. The number of carbonyl (C=O) groups is 1. The number of amides is 1. The van der Waals surface area contributed by atoms with Gasteiger partial charge in [-0.25, -0.2) is 0 Å². The van der Waals surface area contributed by atoms with Crippen LogP contribution in [0.4, 0.5) is 0 Å². The van der Waals surface area contributed by atoms with Crippen LogP contribution in [0.25, 0.3) is 0 Å². The number of β-lactam (4-membered cyclic amide) rings is 1. The molecule has 7 heteroatoms. The van der Waals surface area contributed by atoms with Gasteiger partial charge in [-0.3, -0.25) is 8.98 Å². The van der Waals surface area contributed by atoms with Gasteiger partial charge in [0.05, 0.1) is 17.5 Å². The van der Waals surface area contributed by atoms with Crippen molar-refractivity contribution in [1.82, 2.24) is 5.32 Å². The Balaban J connectivity index is 1.99. The van der Waals surface area contributed by atoms with Crippen LogP contribution in [0.1, 0.15) is 5.56 Å².